The summed E-state index contributed by atoms with van der Waals surface area (Å²) in [6.07, 6.45) is 1.80. The summed E-state index contributed by atoms with van der Waals surface area (Å²) in [5, 5.41) is 1.22. The Kier molecular flexibility index (Phi) is 7.86. The van der Waals surface area contributed by atoms with Crippen molar-refractivity contribution in [1.29, 1.82) is 0 Å². The molecule has 0 radical (unpaired) electrons. The van der Waals surface area contributed by atoms with Gasteiger partial charge in [-0.3, -0.25) is 9.69 Å². The summed E-state index contributed by atoms with van der Waals surface area (Å²) in [6.45, 7) is 0.376. The fourth-order valence-electron chi connectivity index (χ4n) is 3.16. The van der Waals surface area contributed by atoms with Gasteiger partial charge >= 0.3 is 0 Å². The van der Waals surface area contributed by atoms with E-state index in [-0.39, 0.29) is 5.91 Å². The number of hydrogen-bond acceptors (Lipinski definition) is 5. The van der Waals surface area contributed by atoms with Crippen molar-refractivity contribution in [2.75, 3.05) is 12.0 Å². The molecule has 1 fully saturated rings. The van der Waals surface area contributed by atoms with Crippen LogP contribution in [0.25, 0.3) is 6.08 Å². The Morgan fingerprint density at radius 2 is 1.85 bits per heavy atom. The number of methoxy groups -OCH3 is 1. The van der Waals surface area contributed by atoms with Crippen molar-refractivity contribution in [1.82, 2.24) is 0 Å². The second-order valence-corrected chi connectivity index (χ2v) is 10.7. The number of ether oxygens (including phenoxy) is 2. The van der Waals surface area contributed by atoms with E-state index in [1.54, 1.807) is 37.5 Å². The zero-order chi connectivity index (χ0) is 23.5. The molecule has 0 aliphatic carbocycles. The average Bonchev–Trinajstić information content (AvgIpc) is 3.06. The van der Waals surface area contributed by atoms with Crippen LogP contribution in [-0.2, 0) is 11.4 Å². The second-order valence-electron chi connectivity index (χ2n) is 6.95. The van der Waals surface area contributed by atoms with Gasteiger partial charge in [-0.25, -0.2) is 0 Å². The average molecular weight is 628 g/mol. The van der Waals surface area contributed by atoms with E-state index in [9.17, 15) is 4.79 Å². The van der Waals surface area contributed by atoms with Crippen LogP contribution in [0, 0.1) is 3.57 Å². The summed E-state index contributed by atoms with van der Waals surface area (Å²) in [5.41, 5.74) is 2.44. The lowest BCUT2D eigenvalue weighted by molar-refractivity contribution is -0.113. The van der Waals surface area contributed by atoms with E-state index in [0.29, 0.717) is 43.1 Å². The van der Waals surface area contributed by atoms with Gasteiger partial charge in [0.15, 0.2) is 15.8 Å². The van der Waals surface area contributed by atoms with Crippen molar-refractivity contribution in [3.8, 4) is 11.5 Å². The predicted octanol–water partition coefficient (Wildman–Crippen LogP) is 7.59. The summed E-state index contributed by atoms with van der Waals surface area (Å²) in [7, 11) is 1.59. The van der Waals surface area contributed by atoms with Crippen molar-refractivity contribution in [2.45, 2.75) is 6.61 Å². The van der Waals surface area contributed by atoms with Gasteiger partial charge in [-0.2, -0.15) is 0 Å². The number of halogens is 3. The quantitative estimate of drug-likeness (QED) is 0.160. The van der Waals surface area contributed by atoms with Crippen LogP contribution in [0.3, 0.4) is 0 Å². The third-order valence-corrected chi connectivity index (χ3v) is 7.30. The minimum atomic E-state index is -0.190. The summed E-state index contributed by atoms with van der Waals surface area (Å²) in [5.74, 6) is 1.02. The molecule has 33 heavy (non-hydrogen) atoms. The van der Waals surface area contributed by atoms with Crippen LogP contribution < -0.4 is 14.4 Å². The molecule has 1 aliphatic rings. The number of hydrogen-bond donors (Lipinski definition) is 0. The van der Waals surface area contributed by atoms with Crippen molar-refractivity contribution in [3.05, 3.63) is 90.3 Å². The molecule has 4 rings (SSSR count). The fraction of sp³-hybridized carbons (Fsp3) is 0.0833. The Morgan fingerprint density at radius 3 is 2.55 bits per heavy atom. The van der Waals surface area contributed by atoms with Gasteiger partial charge in [-0.05, 0) is 82.3 Å². The van der Waals surface area contributed by atoms with Crippen LogP contribution in [0.2, 0.25) is 10.0 Å². The first-order valence-corrected chi connectivity index (χ1v) is 12.7. The zero-order valence-electron chi connectivity index (χ0n) is 17.2. The SMILES string of the molecule is COc1cc(/C=C2\SC(=S)N(c3cccc(Cl)c3)C2=O)cc(I)c1OCc1ccc(Cl)cc1. The van der Waals surface area contributed by atoms with Crippen molar-refractivity contribution >= 4 is 91.8 Å². The maximum absolute atomic E-state index is 13.1. The number of carbonyl (C=O) groups excluding carboxylic acids is 1. The first kappa shape index (κ1) is 24.3. The summed E-state index contributed by atoms with van der Waals surface area (Å²) < 4.78 is 12.9. The Labute approximate surface area is 225 Å². The lowest BCUT2D eigenvalue weighted by atomic mass is 10.1. The first-order valence-electron chi connectivity index (χ1n) is 9.64. The molecule has 0 bridgehead atoms. The molecule has 3 aromatic rings. The molecule has 1 aliphatic heterocycles. The lowest BCUT2D eigenvalue weighted by Crippen LogP contribution is -2.27. The molecule has 1 amide bonds. The maximum Gasteiger partial charge on any atom is 0.270 e. The Bertz CT molecular complexity index is 1270. The first-order chi connectivity index (χ1) is 15.9. The molecule has 0 unspecified atom stereocenters. The van der Waals surface area contributed by atoms with Gasteiger partial charge in [-0.1, -0.05) is 65.4 Å². The Hall–Kier alpha value is -1.78. The standard InChI is InChI=1S/C24H16Cl2INO3S2/c1-30-20-10-15(9-19(27)22(20)31-13-14-5-7-16(25)8-6-14)11-21-23(29)28(24(32)33-21)18-4-2-3-17(26)12-18/h2-12H,13H2,1H3/b21-11-. The van der Waals surface area contributed by atoms with Crippen LogP contribution in [0.5, 0.6) is 11.5 Å². The molecule has 0 aromatic heterocycles. The van der Waals surface area contributed by atoms with Crippen LogP contribution >= 0.6 is 69.8 Å². The molecule has 0 atom stereocenters. The van der Waals surface area contributed by atoms with E-state index in [4.69, 9.17) is 44.9 Å². The fourth-order valence-corrected chi connectivity index (χ4v) is 5.55. The number of nitrogens with zero attached hydrogens (tertiary/aromatic N) is 1. The summed E-state index contributed by atoms with van der Waals surface area (Å²) in [4.78, 5) is 15.1. The van der Waals surface area contributed by atoms with Gasteiger partial charge in [0.25, 0.3) is 5.91 Å². The zero-order valence-corrected chi connectivity index (χ0v) is 22.5. The molecule has 3 aromatic carbocycles. The number of benzene rings is 3. The number of rotatable bonds is 6. The molecule has 0 N–H and O–H groups in total. The Morgan fingerprint density at radius 1 is 1.09 bits per heavy atom. The lowest BCUT2D eigenvalue weighted by Gasteiger charge is -2.15. The maximum atomic E-state index is 13.1. The summed E-state index contributed by atoms with van der Waals surface area (Å²) >= 11 is 20.9. The van der Waals surface area contributed by atoms with E-state index in [1.165, 1.54) is 16.7 Å². The van der Waals surface area contributed by atoms with Crippen LogP contribution in [-0.4, -0.2) is 17.3 Å². The van der Waals surface area contributed by atoms with Crippen LogP contribution in [0.15, 0.2) is 65.6 Å². The highest BCUT2D eigenvalue weighted by Crippen LogP contribution is 2.39. The highest BCUT2D eigenvalue weighted by molar-refractivity contribution is 14.1. The minimum Gasteiger partial charge on any atom is -0.493 e. The minimum absolute atomic E-state index is 0.190. The molecule has 168 valence electrons. The van der Waals surface area contributed by atoms with E-state index in [1.807, 2.05) is 36.4 Å². The van der Waals surface area contributed by atoms with Gasteiger partial charge in [0.1, 0.15) is 6.61 Å². The van der Waals surface area contributed by atoms with Crippen molar-refractivity contribution < 1.29 is 14.3 Å². The van der Waals surface area contributed by atoms with Gasteiger partial charge in [0.05, 0.1) is 21.3 Å². The van der Waals surface area contributed by atoms with E-state index in [0.717, 1.165) is 14.7 Å². The number of amides is 1. The van der Waals surface area contributed by atoms with Gasteiger partial charge in [-0.15, -0.1) is 0 Å². The Balaban J connectivity index is 1.58. The van der Waals surface area contributed by atoms with E-state index < -0.39 is 0 Å². The molecular formula is C24H16Cl2INO3S2. The van der Waals surface area contributed by atoms with Crippen molar-refractivity contribution in [3.63, 3.8) is 0 Å². The molecule has 1 heterocycles. The van der Waals surface area contributed by atoms with Crippen molar-refractivity contribution in [2.24, 2.45) is 0 Å². The number of carbonyl (C=O) groups is 1. The van der Waals surface area contributed by atoms with Gasteiger partial charge < -0.3 is 9.47 Å². The largest absolute Gasteiger partial charge is 0.493 e. The molecule has 9 heteroatoms. The monoisotopic (exact) mass is 627 g/mol. The van der Waals surface area contributed by atoms with E-state index >= 15 is 0 Å². The number of thiocarbonyl (C=S) groups is 1. The second kappa shape index (κ2) is 10.7. The number of thioether (sulfide) groups is 1. The van der Waals surface area contributed by atoms with Gasteiger partial charge in [0.2, 0.25) is 0 Å². The number of anilines is 1. The summed E-state index contributed by atoms with van der Waals surface area (Å²) in [6, 6.07) is 18.3. The third kappa shape index (κ3) is 5.66. The highest BCUT2D eigenvalue weighted by atomic mass is 127. The molecule has 4 nitrogen and oxygen atoms in total. The van der Waals surface area contributed by atoms with Crippen LogP contribution in [0.1, 0.15) is 11.1 Å². The van der Waals surface area contributed by atoms with E-state index in [2.05, 4.69) is 22.6 Å². The van der Waals surface area contributed by atoms with Gasteiger partial charge in [0, 0.05) is 10.0 Å². The molecule has 1 saturated heterocycles. The molecular weight excluding hydrogens is 612 g/mol. The normalized spacial score (nSPS) is 14.8. The predicted molar refractivity (Wildman–Crippen MR) is 149 cm³/mol. The topological polar surface area (TPSA) is 38.8 Å². The molecule has 0 spiro atoms. The highest BCUT2D eigenvalue weighted by Gasteiger charge is 2.33. The molecule has 0 saturated carbocycles. The third-order valence-electron chi connectivity index (χ3n) is 4.71. The van der Waals surface area contributed by atoms with Crippen LogP contribution in [0.4, 0.5) is 5.69 Å². The smallest absolute Gasteiger partial charge is 0.270 e.